The maximum absolute atomic E-state index is 12.3. The third kappa shape index (κ3) is 3.26. The summed E-state index contributed by atoms with van der Waals surface area (Å²) in [6, 6.07) is 0. The van der Waals surface area contributed by atoms with Crippen molar-refractivity contribution >= 4 is 0 Å². The quantitative estimate of drug-likeness (QED) is 0.721. The molecule has 0 atom stereocenters. The summed E-state index contributed by atoms with van der Waals surface area (Å²) in [6.07, 6.45) is 0.632. The second kappa shape index (κ2) is 6.36. The van der Waals surface area contributed by atoms with Crippen molar-refractivity contribution in [3.8, 4) is 0 Å². The zero-order valence-corrected chi connectivity index (χ0v) is 12.3. The van der Waals surface area contributed by atoms with Crippen LogP contribution in [0.5, 0.6) is 0 Å². The predicted octanol–water partition coefficient (Wildman–Crippen LogP) is 0.734. The van der Waals surface area contributed by atoms with Gasteiger partial charge in [0.15, 0.2) is 0 Å². The number of hydrogen-bond donors (Lipinski definition) is 0. The predicted molar refractivity (Wildman–Crippen MR) is 79.1 cm³/mol. The molecule has 1 heterocycles. The van der Waals surface area contributed by atoms with E-state index in [9.17, 15) is 14.4 Å². The Kier molecular flexibility index (Phi) is 5.07. The molecule has 0 amide bonds. The second-order valence-corrected chi connectivity index (χ2v) is 5.09. The highest BCUT2D eigenvalue weighted by molar-refractivity contribution is 4.94. The highest BCUT2D eigenvalue weighted by Gasteiger charge is 2.14. The zero-order valence-electron chi connectivity index (χ0n) is 12.3. The molecule has 0 saturated heterocycles. The minimum absolute atomic E-state index is 0.109. The van der Waals surface area contributed by atoms with Crippen LogP contribution >= 0.6 is 0 Å². The molecule has 110 valence electrons. The molecule has 0 spiro atoms. The van der Waals surface area contributed by atoms with E-state index in [2.05, 4.69) is 13.2 Å². The van der Waals surface area contributed by atoms with Crippen molar-refractivity contribution in [2.75, 3.05) is 0 Å². The van der Waals surface area contributed by atoms with E-state index in [1.165, 1.54) is 0 Å². The van der Waals surface area contributed by atoms with Crippen LogP contribution < -0.4 is 17.1 Å². The maximum Gasteiger partial charge on any atom is 0.336 e. The number of hydrogen-bond acceptors (Lipinski definition) is 3. The zero-order chi connectivity index (χ0) is 15.4. The molecule has 0 N–H and O–H groups in total. The fourth-order valence-corrected chi connectivity index (χ4v) is 1.91. The number of aromatic nitrogens is 3. The molecule has 0 aliphatic heterocycles. The minimum atomic E-state index is -0.613. The summed E-state index contributed by atoms with van der Waals surface area (Å²) in [6.45, 7) is 13.2. The van der Waals surface area contributed by atoms with Gasteiger partial charge in [-0.1, -0.05) is 31.2 Å². The summed E-state index contributed by atoms with van der Waals surface area (Å²) in [5, 5.41) is 0. The van der Waals surface area contributed by atoms with Gasteiger partial charge in [-0.15, -0.1) is 0 Å². The topological polar surface area (TPSA) is 66.0 Å². The van der Waals surface area contributed by atoms with Crippen molar-refractivity contribution in [1.29, 1.82) is 0 Å². The van der Waals surface area contributed by atoms with Crippen LogP contribution in [-0.4, -0.2) is 13.7 Å². The Bertz CT molecular complexity index is 650. The van der Waals surface area contributed by atoms with Gasteiger partial charge in [-0.3, -0.25) is 0 Å². The molecule has 0 fully saturated rings. The largest absolute Gasteiger partial charge is 0.336 e. The molecule has 0 unspecified atom stereocenters. The first-order valence-corrected chi connectivity index (χ1v) is 6.52. The summed E-state index contributed by atoms with van der Waals surface area (Å²) < 4.78 is 3.18. The average Bonchev–Trinajstić information content (AvgIpc) is 2.35. The Morgan fingerprint density at radius 2 is 1.20 bits per heavy atom. The van der Waals surface area contributed by atoms with Crippen LogP contribution in [0.15, 0.2) is 38.7 Å². The lowest BCUT2D eigenvalue weighted by atomic mass is 10.3. The Morgan fingerprint density at radius 3 is 1.50 bits per heavy atom. The van der Waals surface area contributed by atoms with E-state index in [-0.39, 0.29) is 19.6 Å². The van der Waals surface area contributed by atoms with Crippen molar-refractivity contribution in [1.82, 2.24) is 13.7 Å². The monoisotopic (exact) mass is 279 g/mol. The highest BCUT2D eigenvalue weighted by atomic mass is 16.2. The van der Waals surface area contributed by atoms with Gasteiger partial charge in [0.25, 0.3) is 0 Å². The standard InChI is InChI=1S/C14H21N3O3/c1-6-7-15-12(18)16(8-10(2)3)14(20)17(13(15)19)9-11(4)5/h2,4,6-9H2,1,3,5H3. The third-order valence-electron chi connectivity index (χ3n) is 2.69. The van der Waals surface area contributed by atoms with Gasteiger partial charge in [0.2, 0.25) is 0 Å². The van der Waals surface area contributed by atoms with Crippen LogP contribution in [0.3, 0.4) is 0 Å². The molecular formula is C14H21N3O3. The van der Waals surface area contributed by atoms with E-state index >= 15 is 0 Å². The van der Waals surface area contributed by atoms with Crippen molar-refractivity contribution in [2.45, 2.75) is 46.8 Å². The normalized spacial score (nSPS) is 10.6. The van der Waals surface area contributed by atoms with Gasteiger partial charge in [-0.25, -0.2) is 28.1 Å². The first-order valence-electron chi connectivity index (χ1n) is 6.52. The van der Waals surface area contributed by atoms with Gasteiger partial charge < -0.3 is 0 Å². The van der Waals surface area contributed by atoms with Gasteiger partial charge in [0.1, 0.15) is 0 Å². The van der Waals surface area contributed by atoms with Crippen LogP contribution in [-0.2, 0) is 19.6 Å². The maximum atomic E-state index is 12.3. The summed E-state index contributed by atoms with van der Waals surface area (Å²) >= 11 is 0. The molecular weight excluding hydrogens is 258 g/mol. The molecule has 6 heteroatoms. The van der Waals surface area contributed by atoms with Gasteiger partial charge in [-0.2, -0.15) is 0 Å². The molecule has 20 heavy (non-hydrogen) atoms. The van der Waals surface area contributed by atoms with Crippen molar-refractivity contribution < 1.29 is 0 Å². The fourth-order valence-electron chi connectivity index (χ4n) is 1.91. The lowest BCUT2D eigenvalue weighted by Crippen LogP contribution is -2.54. The fraction of sp³-hybridized carbons (Fsp3) is 0.500. The SMILES string of the molecule is C=C(C)Cn1c(=O)n(CCC)c(=O)n(CC(=C)C)c1=O. The summed E-state index contributed by atoms with van der Waals surface area (Å²) in [5.41, 5.74) is -0.426. The molecule has 0 radical (unpaired) electrons. The highest BCUT2D eigenvalue weighted by Crippen LogP contribution is 1.91. The Labute approximate surface area is 117 Å². The van der Waals surface area contributed by atoms with Crippen LogP contribution in [0.4, 0.5) is 0 Å². The lowest BCUT2D eigenvalue weighted by molar-refractivity contribution is 0.467. The second-order valence-electron chi connectivity index (χ2n) is 5.09. The van der Waals surface area contributed by atoms with E-state index in [4.69, 9.17) is 0 Å². The minimum Gasteiger partial charge on any atom is -0.247 e. The van der Waals surface area contributed by atoms with Crippen LogP contribution in [0.1, 0.15) is 27.2 Å². The summed E-state index contributed by atoms with van der Waals surface area (Å²) in [7, 11) is 0. The van der Waals surface area contributed by atoms with E-state index < -0.39 is 17.1 Å². The summed E-state index contributed by atoms with van der Waals surface area (Å²) in [4.78, 5) is 36.7. The molecule has 0 aliphatic rings. The molecule has 1 rings (SSSR count). The van der Waals surface area contributed by atoms with E-state index in [1.807, 2.05) is 6.92 Å². The molecule has 0 aromatic carbocycles. The Morgan fingerprint density at radius 1 is 0.850 bits per heavy atom. The molecule has 0 aliphatic carbocycles. The smallest absolute Gasteiger partial charge is 0.247 e. The van der Waals surface area contributed by atoms with E-state index in [0.29, 0.717) is 17.6 Å². The summed E-state index contributed by atoms with van der Waals surface area (Å²) in [5.74, 6) is 0. The lowest BCUT2D eigenvalue weighted by Gasteiger charge is -2.13. The molecule has 1 aromatic rings. The van der Waals surface area contributed by atoms with Crippen LogP contribution in [0, 0.1) is 0 Å². The average molecular weight is 279 g/mol. The van der Waals surface area contributed by atoms with Crippen molar-refractivity contribution in [2.24, 2.45) is 0 Å². The van der Waals surface area contributed by atoms with Crippen LogP contribution in [0.25, 0.3) is 0 Å². The van der Waals surface area contributed by atoms with Gasteiger partial charge in [0.05, 0.1) is 13.1 Å². The first kappa shape index (κ1) is 15.9. The van der Waals surface area contributed by atoms with E-state index in [1.54, 1.807) is 13.8 Å². The number of allylic oxidation sites excluding steroid dienone is 2. The third-order valence-corrected chi connectivity index (χ3v) is 2.69. The van der Waals surface area contributed by atoms with Gasteiger partial charge in [0, 0.05) is 6.54 Å². The molecule has 1 aromatic heterocycles. The molecule has 6 nitrogen and oxygen atoms in total. The number of rotatable bonds is 6. The molecule has 0 saturated carbocycles. The first-order chi connectivity index (χ1) is 9.29. The van der Waals surface area contributed by atoms with Gasteiger partial charge >= 0.3 is 17.1 Å². The Balaban J connectivity index is 3.68. The number of nitrogens with zero attached hydrogens (tertiary/aromatic N) is 3. The van der Waals surface area contributed by atoms with Crippen molar-refractivity contribution in [3.63, 3.8) is 0 Å². The van der Waals surface area contributed by atoms with Crippen LogP contribution in [0.2, 0.25) is 0 Å². The Hall–Kier alpha value is -2.11. The van der Waals surface area contributed by atoms with E-state index in [0.717, 1.165) is 13.7 Å². The van der Waals surface area contributed by atoms with Gasteiger partial charge in [-0.05, 0) is 20.3 Å². The van der Waals surface area contributed by atoms with Crippen molar-refractivity contribution in [3.05, 3.63) is 55.8 Å². The molecule has 0 bridgehead atoms.